The van der Waals surface area contributed by atoms with Gasteiger partial charge in [0, 0.05) is 38.6 Å². The van der Waals surface area contributed by atoms with Crippen LogP contribution < -0.4 is 4.74 Å². The van der Waals surface area contributed by atoms with Crippen molar-refractivity contribution in [3.8, 4) is 5.75 Å². The van der Waals surface area contributed by atoms with Crippen LogP contribution in [-0.2, 0) is 4.79 Å². The molecule has 0 spiro atoms. The Bertz CT molecular complexity index is 661. The van der Waals surface area contributed by atoms with E-state index in [4.69, 9.17) is 4.74 Å². The van der Waals surface area contributed by atoms with Crippen LogP contribution in [0.5, 0.6) is 5.75 Å². The zero-order valence-electron chi connectivity index (χ0n) is 17.5. The van der Waals surface area contributed by atoms with Crippen molar-refractivity contribution in [2.24, 2.45) is 5.92 Å². The number of hydrogen-bond acceptors (Lipinski definition) is 3. The molecule has 5 heteroatoms. The summed E-state index contributed by atoms with van der Waals surface area (Å²) < 4.78 is 19.7. The van der Waals surface area contributed by atoms with Crippen molar-refractivity contribution in [3.63, 3.8) is 0 Å². The van der Waals surface area contributed by atoms with Crippen LogP contribution in [0.1, 0.15) is 64.2 Å². The molecule has 1 saturated carbocycles. The number of halogens is 1. The average Bonchev–Trinajstić information content (AvgIpc) is 2.77. The number of carbonyl (C=O) groups is 1. The average molecular weight is 403 g/mol. The molecular weight excluding hydrogens is 367 g/mol. The number of likely N-dealkylation sites (tertiary alicyclic amines) is 2. The molecule has 29 heavy (non-hydrogen) atoms. The number of nitrogens with zero attached hydrogens (tertiary/aromatic N) is 2. The van der Waals surface area contributed by atoms with E-state index in [1.54, 1.807) is 12.1 Å². The fourth-order valence-electron chi connectivity index (χ4n) is 5.33. The summed E-state index contributed by atoms with van der Waals surface area (Å²) in [6.45, 7) is 3.81. The zero-order valence-corrected chi connectivity index (χ0v) is 17.5. The highest BCUT2D eigenvalue weighted by Crippen LogP contribution is 2.29. The maximum atomic E-state index is 13.8. The van der Waals surface area contributed by atoms with E-state index in [2.05, 4.69) is 9.80 Å². The smallest absolute Gasteiger partial charge is 0.222 e. The van der Waals surface area contributed by atoms with Crippen LogP contribution in [0, 0.1) is 11.7 Å². The van der Waals surface area contributed by atoms with Crippen LogP contribution in [0.15, 0.2) is 24.3 Å². The van der Waals surface area contributed by atoms with Gasteiger partial charge in [0.05, 0.1) is 0 Å². The van der Waals surface area contributed by atoms with Gasteiger partial charge in [0.25, 0.3) is 0 Å². The Morgan fingerprint density at radius 1 is 0.931 bits per heavy atom. The van der Waals surface area contributed by atoms with E-state index in [9.17, 15) is 9.18 Å². The molecule has 0 N–H and O–H groups in total. The molecule has 3 aliphatic rings. The van der Waals surface area contributed by atoms with Crippen molar-refractivity contribution >= 4 is 5.91 Å². The Kier molecular flexibility index (Phi) is 7.06. The maximum absolute atomic E-state index is 13.8. The third kappa shape index (κ3) is 5.50. The summed E-state index contributed by atoms with van der Waals surface area (Å²) >= 11 is 0. The SMILES string of the molecule is O=C(CC1CCCCC1)N1CCC(N2CCC(Oc3ccccc3F)CC2)CC1. The van der Waals surface area contributed by atoms with E-state index in [-0.39, 0.29) is 11.9 Å². The van der Waals surface area contributed by atoms with Crippen molar-refractivity contribution in [1.82, 2.24) is 9.80 Å². The highest BCUT2D eigenvalue weighted by atomic mass is 19.1. The van der Waals surface area contributed by atoms with E-state index in [0.29, 0.717) is 23.6 Å². The summed E-state index contributed by atoms with van der Waals surface area (Å²) in [4.78, 5) is 17.3. The standard InChI is InChI=1S/C24H35FN2O2/c25-22-8-4-5-9-23(22)29-21-12-16-26(17-13-21)20-10-14-27(15-11-20)24(28)18-19-6-2-1-3-7-19/h4-5,8-9,19-21H,1-3,6-7,10-18H2. The van der Waals surface area contributed by atoms with Gasteiger partial charge in [-0.05, 0) is 56.6 Å². The van der Waals surface area contributed by atoms with Gasteiger partial charge in [0.1, 0.15) is 6.10 Å². The number of rotatable bonds is 5. The summed E-state index contributed by atoms with van der Waals surface area (Å²) in [5.41, 5.74) is 0. The van der Waals surface area contributed by atoms with Gasteiger partial charge in [0.2, 0.25) is 5.91 Å². The van der Waals surface area contributed by atoms with Gasteiger partial charge in [-0.2, -0.15) is 0 Å². The van der Waals surface area contributed by atoms with E-state index in [1.807, 2.05) is 6.07 Å². The second-order valence-corrected chi connectivity index (χ2v) is 9.10. The van der Waals surface area contributed by atoms with Gasteiger partial charge < -0.3 is 9.64 Å². The lowest BCUT2D eigenvalue weighted by molar-refractivity contribution is -0.134. The topological polar surface area (TPSA) is 32.8 Å². The van der Waals surface area contributed by atoms with Gasteiger partial charge >= 0.3 is 0 Å². The van der Waals surface area contributed by atoms with Crippen molar-refractivity contribution < 1.29 is 13.9 Å². The summed E-state index contributed by atoms with van der Waals surface area (Å²) in [7, 11) is 0. The predicted molar refractivity (Wildman–Crippen MR) is 112 cm³/mol. The number of ether oxygens (including phenoxy) is 1. The Morgan fingerprint density at radius 2 is 1.62 bits per heavy atom. The normalized spacial score (nSPS) is 23.3. The molecule has 1 amide bonds. The minimum atomic E-state index is -0.278. The second kappa shape index (κ2) is 9.92. The lowest BCUT2D eigenvalue weighted by atomic mass is 9.86. The maximum Gasteiger partial charge on any atom is 0.222 e. The van der Waals surface area contributed by atoms with Gasteiger partial charge in [0.15, 0.2) is 11.6 Å². The number of hydrogen-bond donors (Lipinski definition) is 0. The van der Waals surface area contributed by atoms with Crippen LogP contribution >= 0.6 is 0 Å². The molecule has 160 valence electrons. The van der Waals surface area contributed by atoms with Gasteiger partial charge in [-0.1, -0.05) is 31.4 Å². The molecule has 4 nitrogen and oxygen atoms in total. The summed E-state index contributed by atoms with van der Waals surface area (Å²) in [6, 6.07) is 7.24. The van der Waals surface area contributed by atoms with Crippen molar-refractivity contribution in [3.05, 3.63) is 30.1 Å². The summed E-state index contributed by atoms with van der Waals surface area (Å²) in [5, 5.41) is 0. The minimum absolute atomic E-state index is 0.0975. The molecule has 0 bridgehead atoms. The molecule has 2 aliphatic heterocycles. The van der Waals surface area contributed by atoms with Crippen molar-refractivity contribution in [1.29, 1.82) is 0 Å². The predicted octanol–water partition coefficient (Wildman–Crippen LogP) is 4.63. The van der Waals surface area contributed by atoms with Gasteiger partial charge in [-0.15, -0.1) is 0 Å². The first-order chi connectivity index (χ1) is 14.2. The van der Waals surface area contributed by atoms with Crippen LogP contribution in [0.2, 0.25) is 0 Å². The van der Waals surface area contributed by atoms with Gasteiger partial charge in [-0.25, -0.2) is 4.39 Å². The number of benzene rings is 1. The second-order valence-electron chi connectivity index (χ2n) is 9.10. The molecule has 4 rings (SSSR count). The fraction of sp³-hybridized carbons (Fsp3) is 0.708. The summed E-state index contributed by atoms with van der Waals surface area (Å²) in [5.74, 6) is 1.10. The van der Waals surface area contributed by atoms with E-state index in [1.165, 1.54) is 38.2 Å². The Hall–Kier alpha value is -1.62. The number of piperidine rings is 2. The first-order valence-corrected chi connectivity index (χ1v) is 11.6. The van der Waals surface area contributed by atoms with Crippen molar-refractivity contribution in [2.75, 3.05) is 26.2 Å². The highest BCUT2D eigenvalue weighted by molar-refractivity contribution is 5.76. The molecule has 2 heterocycles. The van der Waals surface area contributed by atoms with Crippen molar-refractivity contribution in [2.45, 2.75) is 76.4 Å². The molecule has 2 saturated heterocycles. The van der Waals surface area contributed by atoms with Crippen LogP contribution in [0.25, 0.3) is 0 Å². The van der Waals surface area contributed by atoms with E-state index < -0.39 is 0 Å². The molecule has 1 aromatic rings. The van der Waals surface area contributed by atoms with E-state index >= 15 is 0 Å². The first-order valence-electron chi connectivity index (χ1n) is 11.6. The highest BCUT2D eigenvalue weighted by Gasteiger charge is 2.31. The third-order valence-electron chi connectivity index (χ3n) is 7.13. The monoisotopic (exact) mass is 402 g/mol. The molecule has 0 radical (unpaired) electrons. The van der Waals surface area contributed by atoms with Gasteiger partial charge in [-0.3, -0.25) is 9.69 Å². The van der Waals surface area contributed by atoms with Crippen LogP contribution in [-0.4, -0.2) is 54.0 Å². The molecular formula is C24H35FN2O2. The molecule has 1 aromatic carbocycles. The number of amides is 1. The quantitative estimate of drug-likeness (QED) is 0.720. The first kappa shape index (κ1) is 20.6. The minimum Gasteiger partial charge on any atom is -0.487 e. The summed E-state index contributed by atoms with van der Waals surface area (Å²) in [6.07, 6.45) is 11.3. The molecule has 1 aliphatic carbocycles. The lowest BCUT2D eigenvalue weighted by Crippen LogP contribution is -2.50. The van der Waals surface area contributed by atoms with E-state index in [0.717, 1.165) is 58.3 Å². The Morgan fingerprint density at radius 3 is 2.31 bits per heavy atom. The van der Waals surface area contributed by atoms with Crippen LogP contribution in [0.4, 0.5) is 4.39 Å². The molecule has 0 aromatic heterocycles. The third-order valence-corrected chi connectivity index (χ3v) is 7.13. The fourth-order valence-corrected chi connectivity index (χ4v) is 5.33. The molecule has 0 unspecified atom stereocenters. The zero-order chi connectivity index (χ0) is 20.1. The number of carbonyl (C=O) groups excluding carboxylic acids is 1. The molecule has 0 atom stereocenters. The van der Waals surface area contributed by atoms with Crippen LogP contribution in [0.3, 0.4) is 0 Å². The lowest BCUT2D eigenvalue weighted by Gasteiger charge is -2.42. The largest absolute Gasteiger partial charge is 0.487 e. The number of para-hydroxylation sites is 1. The Labute approximate surface area is 174 Å². The molecule has 3 fully saturated rings. The Balaban J connectivity index is 1.18.